The zero-order chi connectivity index (χ0) is 20.5. The average molecular weight is 425 g/mol. The van der Waals surface area contributed by atoms with Crippen LogP contribution in [0.4, 0.5) is 5.13 Å². The van der Waals surface area contributed by atoms with E-state index in [1.165, 1.54) is 23.1 Å². The third-order valence-corrected chi connectivity index (χ3v) is 5.86. The number of carbonyl (C=O) groups is 2. The zero-order valence-corrected chi connectivity index (χ0v) is 18.0. The number of hydrogen-bond acceptors (Lipinski definition) is 8. The van der Waals surface area contributed by atoms with Crippen molar-refractivity contribution in [1.82, 2.24) is 15.1 Å². The van der Waals surface area contributed by atoms with Gasteiger partial charge < -0.3 is 19.7 Å². The van der Waals surface area contributed by atoms with Crippen LogP contribution in [-0.2, 0) is 16.0 Å². The Kier molecular flexibility index (Phi) is 8.52. The number of methoxy groups -OCH3 is 2. The lowest BCUT2D eigenvalue weighted by molar-refractivity contribution is -0.128. The van der Waals surface area contributed by atoms with Crippen molar-refractivity contribution in [2.75, 3.05) is 38.4 Å². The molecule has 2 amide bonds. The van der Waals surface area contributed by atoms with Gasteiger partial charge in [0.2, 0.25) is 16.9 Å². The topological polar surface area (TPSA) is 93.7 Å². The third-order valence-electron chi connectivity index (χ3n) is 3.90. The van der Waals surface area contributed by atoms with Crippen molar-refractivity contribution in [3.8, 4) is 11.5 Å². The van der Waals surface area contributed by atoms with E-state index in [2.05, 4.69) is 15.5 Å². The van der Waals surface area contributed by atoms with Gasteiger partial charge in [-0.05, 0) is 31.5 Å². The van der Waals surface area contributed by atoms with Gasteiger partial charge in [0.1, 0.15) is 0 Å². The van der Waals surface area contributed by atoms with Gasteiger partial charge >= 0.3 is 0 Å². The highest BCUT2D eigenvalue weighted by atomic mass is 32.2. The van der Waals surface area contributed by atoms with E-state index in [0.717, 1.165) is 5.56 Å². The number of rotatable bonds is 10. The van der Waals surface area contributed by atoms with Crippen molar-refractivity contribution in [1.29, 1.82) is 0 Å². The van der Waals surface area contributed by atoms with Crippen LogP contribution in [0.1, 0.15) is 19.4 Å². The van der Waals surface area contributed by atoms with Crippen molar-refractivity contribution < 1.29 is 19.1 Å². The number of amides is 2. The van der Waals surface area contributed by atoms with Gasteiger partial charge in [-0.2, -0.15) is 0 Å². The van der Waals surface area contributed by atoms with Crippen molar-refractivity contribution in [2.24, 2.45) is 0 Å². The number of thioether (sulfide) groups is 1. The van der Waals surface area contributed by atoms with Gasteiger partial charge in [0, 0.05) is 13.1 Å². The molecule has 0 radical (unpaired) electrons. The van der Waals surface area contributed by atoms with Crippen LogP contribution in [0.5, 0.6) is 11.5 Å². The van der Waals surface area contributed by atoms with E-state index < -0.39 is 0 Å². The second-order valence-corrected chi connectivity index (χ2v) is 7.84. The maximum absolute atomic E-state index is 12.3. The number of aromatic nitrogens is 2. The minimum atomic E-state index is -0.209. The summed E-state index contributed by atoms with van der Waals surface area (Å²) < 4.78 is 11.1. The van der Waals surface area contributed by atoms with Crippen LogP contribution in [0.3, 0.4) is 0 Å². The van der Waals surface area contributed by atoms with Crippen LogP contribution < -0.4 is 14.8 Å². The minimum absolute atomic E-state index is 0.0595. The molecule has 10 heteroatoms. The Balaban J connectivity index is 1.89. The first kappa shape index (κ1) is 22.0. The highest BCUT2D eigenvalue weighted by Gasteiger charge is 2.14. The fourth-order valence-electron chi connectivity index (χ4n) is 2.45. The van der Waals surface area contributed by atoms with E-state index in [1.807, 2.05) is 13.8 Å². The molecule has 8 nitrogen and oxygen atoms in total. The Bertz CT molecular complexity index is 809. The first-order valence-electron chi connectivity index (χ1n) is 8.75. The molecule has 1 heterocycles. The monoisotopic (exact) mass is 424 g/mol. The predicted octanol–water partition coefficient (Wildman–Crippen LogP) is 2.70. The van der Waals surface area contributed by atoms with Crippen molar-refractivity contribution >= 4 is 40.0 Å². The summed E-state index contributed by atoms with van der Waals surface area (Å²) >= 11 is 2.57. The summed E-state index contributed by atoms with van der Waals surface area (Å²) in [5, 5.41) is 11.1. The molecule has 0 saturated heterocycles. The van der Waals surface area contributed by atoms with Crippen LogP contribution in [0.15, 0.2) is 22.5 Å². The van der Waals surface area contributed by atoms with Crippen molar-refractivity contribution in [2.45, 2.75) is 24.6 Å². The van der Waals surface area contributed by atoms with E-state index in [4.69, 9.17) is 9.47 Å². The van der Waals surface area contributed by atoms with Crippen LogP contribution >= 0.6 is 23.1 Å². The summed E-state index contributed by atoms with van der Waals surface area (Å²) in [6.45, 7) is 5.26. The van der Waals surface area contributed by atoms with Gasteiger partial charge in [-0.1, -0.05) is 29.2 Å². The normalized spacial score (nSPS) is 10.4. The molecular weight excluding hydrogens is 400 g/mol. The third kappa shape index (κ3) is 6.10. The van der Waals surface area contributed by atoms with Gasteiger partial charge in [0.25, 0.3) is 0 Å². The van der Waals surface area contributed by atoms with Crippen LogP contribution in [0.25, 0.3) is 0 Å². The van der Waals surface area contributed by atoms with E-state index in [9.17, 15) is 9.59 Å². The van der Waals surface area contributed by atoms with Gasteiger partial charge in [0.05, 0.1) is 26.4 Å². The summed E-state index contributed by atoms with van der Waals surface area (Å²) in [6.07, 6.45) is 0.170. The molecule has 0 fully saturated rings. The molecule has 1 aromatic heterocycles. The number of carbonyl (C=O) groups excluding carboxylic acids is 2. The predicted molar refractivity (Wildman–Crippen MR) is 110 cm³/mol. The largest absolute Gasteiger partial charge is 0.493 e. The SMILES string of the molecule is CCN(CC)C(=O)CSc1nnc(NC(=O)Cc2ccc(OC)c(OC)c2)s1. The lowest BCUT2D eigenvalue weighted by Crippen LogP contribution is -2.31. The molecule has 0 aliphatic rings. The minimum Gasteiger partial charge on any atom is -0.493 e. The Morgan fingerprint density at radius 1 is 1.14 bits per heavy atom. The van der Waals surface area contributed by atoms with Crippen LogP contribution in [0, 0.1) is 0 Å². The van der Waals surface area contributed by atoms with Crippen LogP contribution in [0.2, 0.25) is 0 Å². The Labute approximate surface area is 172 Å². The second-order valence-electron chi connectivity index (χ2n) is 5.64. The number of benzene rings is 1. The molecule has 0 atom stereocenters. The van der Waals surface area contributed by atoms with Gasteiger partial charge in [-0.3, -0.25) is 9.59 Å². The molecule has 0 aliphatic carbocycles. The average Bonchev–Trinajstić information content (AvgIpc) is 3.14. The molecule has 28 heavy (non-hydrogen) atoms. The molecule has 0 aliphatic heterocycles. The van der Waals surface area contributed by atoms with Crippen molar-refractivity contribution in [3.63, 3.8) is 0 Å². The van der Waals surface area contributed by atoms with E-state index in [-0.39, 0.29) is 18.2 Å². The summed E-state index contributed by atoms with van der Waals surface area (Å²) in [5.41, 5.74) is 0.791. The van der Waals surface area contributed by atoms with Gasteiger partial charge in [-0.15, -0.1) is 10.2 Å². The van der Waals surface area contributed by atoms with E-state index in [0.29, 0.717) is 39.8 Å². The van der Waals surface area contributed by atoms with Crippen molar-refractivity contribution in [3.05, 3.63) is 23.8 Å². The molecule has 2 aromatic rings. The molecular formula is C18H24N4O4S2. The number of hydrogen-bond donors (Lipinski definition) is 1. The fraction of sp³-hybridized carbons (Fsp3) is 0.444. The summed E-state index contributed by atoms with van der Waals surface area (Å²) in [4.78, 5) is 26.1. The molecule has 0 spiro atoms. The molecule has 152 valence electrons. The molecule has 0 unspecified atom stereocenters. The standard InChI is InChI=1S/C18H24N4O4S2/c1-5-22(6-2)16(24)11-27-18-21-20-17(28-18)19-15(23)10-12-7-8-13(25-3)14(9-12)26-4/h7-9H,5-6,10-11H2,1-4H3,(H,19,20,23). The fourth-order valence-corrected chi connectivity index (χ4v) is 4.12. The van der Waals surface area contributed by atoms with Gasteiger partial charge in [-0.25, -0.2) is 0 Å². The lowest BCUT2D eigenvalue weighted by atomic mass is 10.1. The maximum Gasteiger partial charge on any atom is 0.233 e. The smallest absolute Gasteiger partial charge is 0.233 e. The zero-order valence-electron chi connectivity index (χ0n) is 16.4. The first-order valence-corrected chi connectivity index (χ1v) is 10.6. The van der Waals surface area contributed by atoms with Gasteiger partial charge in [0.15, 0.2) is 15.8 Å². The van der Waals surface area contributed by atoms with E-state index >= 15 is 0 Å². The molecule has 0 saturated carbocycles. The second kappa shape index (κ2) is 10.9. The Hall–Kier alpha value is -2.33. The van der Waals surface area contributed by atoms with E-state index in [1.54, 1.807) is 37.3 Å². The number of nitrogens with zero attached hydrogens (tertiary/aromatic N) is 3. The highest BCUT2D eigenvalue weighted by molar-refractivity contribution is 8.01. The molecule has 2 rings (SSSR count). The lowest BCUT2D eigenvalue weighted by Gasteiger charge is -2.17. The molecule has 0 bridgehead atoms. The van der Waals surface area contributed by atoms with Crippen LogP contribution in [-0.4, -0.2) is 60.0 Å². The Morgan fingerprint density at radius 2 is 1.86 bits per heavy atom. The highest BCUT2D eigenvalue weighted by Crippen LogP contribution is 2.28. The quantitative estimate of drug-likeness (QED) is 0.463. The molecule has 1 aromatic carbocycles. The summed E-state index contributed by atoms with van der Waals surface area (Å²) in [6, 6.07) is 5.33. The maximum atomic E-state index is 12.3. The number of nitrogens with one attached hydrogen (secondary N) is 1. The first-order chi connectivity index (χ1) is 13.5. The number of ether oxygens (including phenoxy) is 2. The Morgan fingerprint density at radius 3 is 2.50 bits per heavy atom. The molecule has 1 N–H and O–H groups in total. The number of anilines is 1. The summed E-state index contributed by atoms with van der Waals surface area (Å²) in [7, 11) is 3.11. The summed E-state index contributed by atoms with van der Waals surface area (Å²) in [5.74, 6) is 1.33.